The number of aromatic nitrogens is 1. The Bertz CT molecular complexity index is 1590. The fourth-order valence-electron chi connectivity index (χ4n) is 6.08. The van der Waals surface area contributed by atoms with E-state index in [0.29, 0.717) is 34.4 Å². The lowest BCUT2D eigenvalue weighted by Gasteiger charge is -2.24. The highest BCUT2D eigenvalue weighted by Crippen LogP contribution is 2.29. The Morgan fingerprint density at radius 1 is 0.649 bits per heavy atom. The van der Waals surface area contributed by atoms with Gasteiger partial charge in [0.1, 0.15) is 12.4 Å². The molecule has 3 nitrogen and oxygen atoms in total. The highest BCUT2D eigenvalue weighted by molar-refractivity contribution is 6.32. The predicted octanol–water partition coefficient (Wildman–Crippen LogP) is 17.2. The van der Waals surface area contributed by atoms with Crippen LogP contribution in [0.1, 0.15) is 163 Å². The summed E-state index contributed by atoms with van der Waals surface area (Å²) in [7, 11) is 0. The number of halogens is 2. The molecule has 3 aromatic carbocycles. The van der Waals surface area contributed by atoms with Crippen LogP contribution in [0.4, 0.5) is 0 Å². The maximum Gasteiger partial charge on any atom is 0.138 e. The molecule has 1 aliphatic heterocycles. The zero-order chi connectivity index (χ0) is 40.6. The SMILES string of the molecule is C.C.CC(C)C1=CCCCC1.CC(C)C1CCOCC1.CC(C)c1ccc(OCc2ccccc2)c(Cl)c1.CC(C)c1ccccc1.CC(C)c1cncc(Cl)c1. The molecule has 0 N–H and O–H groups in total. The van der Waals surface area contributed by atoms with E-state index in [2.05, 4.69) is 111 Å². The topological polar surface area (TPSA) is 31.4 Å². The molecule has 0 saturated carbocycles. The molecule has 1 saturated heterocycles. The summed E-state index contributed by atoms with van der Waals surface area (Å²) in [4.78, 5) is 3.97. The van der Waals surface area contributed by atoms with Crippen molar-refractivity contribution in [3.05, 3.63) is 141 Å². The lowest BCUT2D eigenvalue weighted by Crippen LogP contribution is -2.19. The van der Waals surface area contributed by atoms with Crippen LogP contribution in [0.25, 0.3) is 0 Å². The second-order valence-electron chi connectivity index (χ2n) is 16.1. The molecule has 1 fully saturated rings. The normalized spacial score (nSPS) is 13.6. The second-order valence-corrected chi connectivity index (χ2v) is 17.0. The van der Waals surface area contributed by atoms with Crippen LogP contribution in [0.15, 0.2) is 109 Å². The molecule has 0 spiro atoms. The van der Waals surface area contributed by atoms with Gasteiger partial charge in [-0.1, -0.05) is 186 Å². The van der Waals surface area contributed by atoms with Crippen molar-refractivity contribution in [2.45, 2.75) is 147 Å². The second kappa shape index (κ2) is 30.9. The van der Waals surface area contributed by atoms with E-state index in [1.165, 1.54) is 55.2 Å². The highest BCUT2D eigenvalue weighted by atomic mass is 35.5. The Balaban J connectivity index is 0.000000707. The van der Waals surface area contributed by atoms with Gasteiger partial charge in [-0.05, 0) is 114 Å². The molecule has 0 atom stereocenters. The van der Waals surface area contributed by atoms with Gasteiger partial charge in [0.25, 0.3) is 0 Å². The van der Waals surface area contributed by atoms with E-state index >= 15 is 0 Å². The first-order chi connectivity index (χ1) is 26.3. The van der Waals surface area contributed by atoms with Crippen molar-refractivity contribution < 1.29 is 9.47 Å². The first-order valence-electron chi connectivity index (χ1n) is 20.7. The molecule has 1 aromatic heterocycles. The zero-order valence-electron chi connectivity index (χ0n) is 35.7. The number of hydrogen-bond donors (Lipinski definition) is 0. The number of ether oxygens (including phenoxy) is 2. The number of hydrogen-bond acceptors (Lipinski definition) is 3. The van der Waals surface area contributed by atoms with Gasteiger partial charge in [-0.15, -0.1) is 0 Å². The summed E-state index contributed by atoms with van der Waals surface area (Å²) in [5.74, 6) is 4.96. The third kappa shape index (κ3) is 23.2. The summed E-state index contributed by atoms with van der Waals surface area (Å²) >= 11 is 11.9. The van der Waals surface area contributed by atoms with Gasteiger partial charge >= 0.3 is 0 Å². The highest BCUT2D eigenvalue weighted by Gasteiger charge is 2.16. The molecule has 2 aliphatic rings. The zero-order valence-corrected chi connectivity index (χ0v) is 37.2. The fourth-order valence-corrected chi connectivity index (χ4v) is 6.51. The minimum absolute atomic E-state index is 0. The number of rotatable bonds is 8. The van der Waals surface area contributed by atoms with Crippen LogP contribution in [-0.4, -0.2) is 18.2 Å². The first-order valence-corrected chi connectivity index (χ1v) is 21.4. The standard InChI is InChI=1S/C16H17ClO.C9H16.C9H12.C8H10ClN.C8H16O.2CH4/c1-12(2)14-8-9-16(15(17)10-14)18-11-13-6-4-3-5-7-13;2*1-8(2)9-6-4-3-5-7-9;1-6(2)7-3-8(9)5-10-4-7;1-7(2)8-3-5-9-6-4-8;;/h3-10,12H,11H2,1-2H3;6,8H,3-5,7H2,1-2H3;3-8H,1-2H3;3-6H,1-2H3;7-8H,3-6H2,1-2H3;2*1H4. The Kier molecular flexibility index (Phi) is 29.2. The van der Waals surface area contributed by atoms with Gasteiger partial charge in [0.05, 0.1) is 10.0 Å². The van der Waals surface area contributed by atoms with E-state index in [1.807, 2.05) is 60.8 Å². The molecule has 5 heteroatoms. The molecule has 2 heterocycles. The minimum Gasteiger partial charge on any atom is -0.487 e. The number of pyridine rings is 1. The third-order valence-electron chi connectivity index (χ3n) is 10.00. The predicted molar refractivity (Wildman–Crippen MR) is 253 cm³/mol. The van der Waals surface area contributed by atoms with Crippen molar-refractivity contribution in [1.82, 2.24) is 4.98 Å². The molecule has 318 valence electrons. The molecule has 0 bridgehead atoms. The molecule has 57 heavy (non-hydrogen) atoms. The largest absolute Gasteiger partial charge is 0.487 e. The summed E-state index contributed by atoms with van der Waals surface area (Å²) in [6.45, 7) is 24.6. The van der Waals surface area contributed by atoms with Gasteiger partial charge < -0.3 is 9.47 Å². The molecular weight excluding hydrogens is 741 g/mol. The van der Waals surface area contributed by atoms with Gasteiger partial charge in [-0.3, -0.25) is 4.98 Å². The van der Waals surface area contributed by atoms with E-state index in [-0.39, 0.29) is 14.9 Å². The molecule has 0 amide bonds. The Morgan fingerprint density at radius 3 is 1.63 bits per heavy atom. The molecule has 6 rings (SSSR count). The van der Waals surface area contributed by atoms with Gasteiger partial charge in [0.15, 0.2) is 0 Å². The van der Waals surface area contributed by atoms with Crippen LogP contribution in [0.5, 0.6) is 5.75 Å². The number of nitrogens with zero attached hydrogens (tertiary/aromatic N) is 1. The number of benzene rings is 3. The maximum absolute atomic E-state index is 6.21. The van der Waals surface area contributed by atoms with Crippen molar-refractivity contribution in [2.75, 3.05) is 13.2 Å². The van der Waals surface area contributed by atoms with Crippen LogP contribution in [0.3, 0.4) is 0 Å². The molecule has 0 radical (unpaired) electrons. The summed E-state index contributed by atoms with van der Waals surface area (Å²) in [6, 6.07) is 28.5. The Labute approximate surface area is 361 Å². The number of allylic oxidation sites excluding steroid dienone is 2. The maximum atomic E-state index is 6.21. The van der Waals surface area contributed by atoms with Crippen LogP contribution in [0.2, 0.25) is 10.0 Å². The van der Waals surface area contributed by atoms with Gasteiger partial charge in [-0.2, -0.15) is 0 Å². The van der Waals surface area contributed by atoms with E-state index in [1.54, 1.807) is 11.8 Å². The summed E-state index contributed by atoms with van der Waals surface area (Å²) in [5, 5.41) is 1.39. The average Bonchev–Trinajstić information content (AvgIpc) is 3.20. The van der Waals surface area contributed by atoms with E-state index in [4.69, 9.17) is 32.7 Å². The van der Waals surface area contributed by atoms with Crippen LogP contribution in [-0.2, 0) is 11.3 Å². The lowest BCUT2D eigenvalue weighted by molar-refractivity contribution is 0.0523. The lowest BCUT2D eigenvalue weighted by atomic mass is 9.89. The van der Waals surface area contributed by atoms with Crippen molar-refractivity contribution in [3.63, 3.8) is 0 Å². The van der Waals surface area contributed by atoms with E-state index < -0.39 is 0 Å². The summed E-state index contributed by atoms with van der Waals surface area (Å²) in [5.41, 5.74) is 6.65. The van der Waals surface area contributed by atoms with Crippen LogP contribution >= 0.6 is 23.2 Å². The van der Waals surface area contributed by atoms with Crippen molar-refractivity contribution in [3.8, 4) is 5.75 Å². The van der Waals surface area contributed by atoms with E-state index in [0.717, 1.165) is 42.3 Å². The van der Waals surface area contributed by atoms with Crippen LogP contribution in [0, 0.1) is 17.8 Å². The molecule has 4 aromatic rings. The summed E-state index contributed by atoms with van der Waals surface area (Å²) in [6.07, 6.45) is 14.0. The Morgan fingerprint density at radius 2 is 1.23 bits per heavy atom. The molecular formula is C52H79Cl2NO2. The quantitative estimate of drug-likeness (QED) is 0.166. The van der Waals surface area contributed by atoms with Crippen molar-refractivity contribution >= 4 is 23.2 Å². The van der Waals surface area contributed by atoms with Crippen molar-refractivity contribution in [2.24, 2.45) is 17.8 Å². The van der Waals surface area contributed by atoms with Crippen LogP contribution < -0.4 is 4.74 Å². The molecule has 1 aliphatic carbocycles. The monoisotopic (exact) mass is 820 g/mol. The smallest absolute Gasteiger partial charge is 0.138 e. The van der Waals surface area contributed by atoms with Crippen molar-refractivity contribution in [1.29, 1.82) is 0 Å². The van der Waals surface area contributed by atoms with Gasteiger partial charge in [0, 0.05) is 25.6 Å². The minimum atomic E-state index is 0. The van der Waals surface area contributed by atoms with E-state index in [9.17, 15) is 0 Å². The Hall–Kier alpha value is -3.11. The molecule has 0 unspecified atom stereocenters. The summed E-state index contributed by atoms with van der Waals surface area (Å²) < 4.78 is 11.0. The average molecular weight is 821 g/mol. The van der Waals surface area contributed by atoms with Gasteiger partial charge in [-0.25, -0.2) is 0 Å². The van der Waals surface area contributed by atoms with Gasteiger partial charge in [0.2, 0.25) is 0 Å². The first kappa shape index (κ1) is 53.9. The fraction of sp³-hybridized carbons (Fsp3) is 0.519. The third-order valence-corrected chi connectivity index (χ3v) is 10.5.